The van der Waals surface area contributed by atoms with Crippen LogP contribution in [0.2, 0.25) is 0 Å². The second-order valence-corrected chi connectivity index (χ2v) is 3.79. The van der Waals surface area contributed by atoms with Crippen LogP contribution in [0.25, 0.3) is 0 Å². The van der Waals surface area contributed by atoms with Crippen LogP contribution in [0.5, 0.6) is 11.5 Å². The summed E-state index contributed by atoms with van der Waals surface area (Å²) in [5.41, 5.74) is 6.57. The Morgan fingerprint density at radius 3 is 2.59 bits per heavy atom. The first-order valence-electron chi connectivity index (χ1n) is 5.97. The Bertz CT molecular complexity index is 341. The average molecular weight is 239 g/mol. The summed E-state index contributed by atoms with van der Waals surface area (Å²) in [4.78, 5) is 0. The van der Waals surface area contributed by atoms with E-state index in [2.05, 4.69) is 0 Å². The predicted molar refractivity (Wildman–Crippen MR) is 67.3 cm³/mol. The van der Waals surface area contributed by atoms with Crippen molar-refractivity contribution in [3.05, 3.63) is 23.8 Å². The van der Waals surface area contributed by atoms with Crippen molar-refractivity contribution < 1.29 is 14.6 Å². The molecule has 0 aliphatic heterocycles. The standard InChI is InChI=1S/C13H21NO3/c1-3-11(15)9-17-12-6-5-10(8-14)7-13(12)16-4-2/h5-7,11,15H,3-4,8-9,14H2,1-2H3. The number of ether oxygens (including phenoxy) is 2. The maximum Gasteiger partial charge on any atom is 0.161 e. The van der Waals surface area contributed by atoms with Crippen LogP contribution in [0.4, 0.5) is 0 Å². The molecule has 0 aliphatic carbocycles. The van der Waals surface area contributed by atoms with Crippen molar-refractivity contribution in [3.8, 4) is 11.5 Å². The van der Waals surface area contributed by atoms with E-state index < -0.39 is 6.10 Å². The minimum atomic E-state index is -0.446. The van der Waals surface area contributed by atoms with Gasteiger partial charge < -0.3 is 20.3 Å². The van der Waals surface area contributed by atoms with Crippen LogP contribution in [0, 0.1) is 0 Å². The zero-order valence-electron chi connectivity index (χ0n) is 10.5. The lowest BCUT2D eigenvalue weighted by molar-refractivity contribution is 0.102. The second-order valence-electron chi connectivity index (χ2n) is 3.79. The number of hydrogen-bond donors (Lipinski definition) is 2. The summed E-state index contributed by atoms with van der Waals surface area (Å²) in [5.74, 6) is 1.33. The summed E-state index contributed by atoms with van der Waals surface area (Å²) >= 11 is 0. The molecule has 17 heavy (non-hydrogen) atoms. The van der Waals surface area contributed by atoms with Gasteiger partial charge in [0.1, 0.15) is 6.61 Å². The lowest BCUT2D eigenvalue weighted by Gasteiger charge is -2.14. The van der Waals surface area contributed by atoms with E-state index in [1.165, 1.54) is 0 Å². The highest BCUT2D eigenvalue weighted by Crippen LogP contribution is 2.28. The van der Waals surface area contributed by atoms with Crippen LogP contribution in [0.15, 0.2) is 18.2 Å². The van der Waals surface area contributed by atoms with Crippen molar-refractivity contribution in [1.29, 1.82) is 0 Å². The van der Waals surface area contributed by atoms with Gasteiger partial charge in [-0.3, -0.25) is 0 Å². The summed E-state index contributed by atoms with van der Waals surface area (Å²) in [5, 5.41) is 9.45. The van der Waals surface area contributed by atoms with E-state index in [0.717, 1.165) is 5.56 Å². The molecular formula is C13H21NO3. The van der Waals surface area contributed by atoms with Crippen molar-refractivity contribution in [3.63, 3.8) is 0 Å². The Morgan fingerprint density at radius 2 is 2.00 bits per heavy atom. The van der Waals surface area contributed by atoms with Crippen molar-refractivity contribution in [1.82, 2.24) is 0 Å². The molecule has 4 heteroatoms. The maximum absolute atomic E-state index is 9.45. The highest BCUT2D eigenvalue weighted by Gasteiger charge is 2.08. The number of hydrogen-bond acceptors (Lipinski definition) is 4. The van der Waals surface area contributed by atoms with E-state index >= 15 is 0 Å². The molecule has 1 aromatic carbocycles. The fourth-order valence-corrected chi connectivity index (χ4v) is 1.37. The molecule has 0 amide bonds. The quantitative estimate of drug-likeness (QED) is 0.760. The molecule has 0 radical (unpaired) electrons. The molecule has 0 heterocycles. The normalized spacial score (nSPS) is 12.2. The van der Waals surface area contributed by atoms with Gasteiger partial charge in [-0.1, -0.05) is 13.0 Å². The van der Waals surface area contributed by atoms with Gasteiger partial charge in [-0.05, 0) is 31.0 Å². The van der Waals surface area contributed by atoms with Gasteiger partial charge in [0.05, 0.1) is 12.7 Å². The van der Waals surface area contributed by atoms with E-state index in [1.807, 2.05) is 32.0 Å². The van der Waals surface area contributed by atoms with Crippen LogP contribution in [0.3, 0.4) is 0 Å². The van der Waals surface area contributed by atoms with Crippen molar-refractivity contribution >= 4 is 0 Å². The molecule has 1 atom stereocenters. The largest absolute Gasteiger partial charge is 0.490 e. The summed E-state index contributed by atoms with van der Waals surface area (Å²) in [6, 6.07) is 5.60. The summed E-state index contributed by atoms with van der Waals surface area (Å²) in [6.45, 7) is 5.14. The van der Waals surface area contributed by atoms with E-state index in [0.29, 0.717) is 31.1 Å². The Balaban J connectivity index is 2.75. The third-order valence-electron chi connectivity index (χ3n) is 2.45. The van der Waals surface area contributed by atoms with Crippen LogP contribution in [-0.2, 0) is 6.54 Å². The maximum atomic E-state index is 9.45. The highest BCUT2D eigenvalue weighted by molar-refractivity contribution is 5.43. The van der Waals surface area contributed by atoms with Crippen molar-refractivity contribution in [2.45, 2.75) is 32.9 Å². The van der Waals surface area contributed by atoms with Crippen LogP contribution in [-0.4, -0.2) is 24.4 Å². The Labute approximate surface area is 102 Å². The first-order chi connectivity index (χ1) is 8.21. The van der Waals surface area contributed by atoms with E-state index in [1.54, 1.807) is 0 Å². The molecule has 1 aromatic rings. The van der Waals surface area contributed by atoms with Crippen molar-refractivity contribution in [2.24, 2.45) is 5.73 Å². The fraction of sp³-hybridized carbons (Fsp3) is 0.538. The number of benzene rings is 1. The SMILES string of the molecule is CCOc1cc(CN)ccc1OCC(O)CC. The van der Waals surface area contributed by atoms with Crippen LogP contribution < -0.4 is 15.2 Å². The van der Waals surface area contributed by atoms with Gasteiger partial charge in [-0.2, -0.15) is 0 Å². The van der Waals surface area contributed by atoms with Gasteiger partial charge in [0, 0.05) is 6.54 Å². The number of aliphatic hydroxyl groups is 1. The summed E-state index contributed by atoms with van der Waals surface area (Å²) in [7, 11) is 0. The van der Waals surface area contributed by atoms with Crippen LogP contribution in [0.1, 0.15) is 25.8 Å². The lowest BCUT2D eigenvalue weighted by atomic mass is 10.2. The zero-order chi connectivity index (χ0) is 12.7. The Hall–Kier alpha value is -1.26. The molecule has 96 valence electrons. The van der Waals surface area contributed by atoms with Gasteiger partial charge in [0.15, 0.2) is 11.5 Å². The first-order valence-corrected chi connectivity index (χ1v) is 5.97. The monoisotopic (exact) mass is 239 g/mol. The molecule has 0 fully saturated rings. The fourth-order valence-electron chi connectivity index (χ4n) is 1.37. The molecule has 0 aliphatic rings. The third kappa shape index (κ3) is 4.24. The lowest BCUT2D eigenvalue weighted by Crippen LogP contribution is -2.16. The molecule has 3 N–H and O–H groups in total. The molecule has 0 aromatic heterocycles. The third-order valence-corrected chi connectivity index (χ3v) is 2.45. The Kier molecular flexibility index (Phi) is 5.80. The second kappa shape index (κ2) is 7.14. The van der Waals surface area contributed by atoms with E-state index in [-0.39, 0.29) is 6.61 Å². The van der Waals surface area contributed by atoms with Crippen LogP contribution >= 0.6 is 0 Å². The Morgan fingerprint density at radius 1 is 1.24 bits per heavy atom. The van der Waals surface area contributed by atoms with Gasteiger partial charge in [-0.25, -0.2) is 0 Å². The molecule has 4 nitrogen and oxygen atoms in total. The molecule has 0 bridgehead atoms. The zero-order valence-corrected chi connectivity index (χ0v) is 10.5. The molecule has 0 spiro atoms. The number of aliphatic hydroxyl groups excluding tert-OH is 1. The van der Waals surface area contributed by atoms with Gasteiger partial charge in [0.25, 0.3) is 0 Å². The molecule has 1 unspecified atom stereocenters. The topological polar surface area (TPSA) is 64.7 Å². The molecule has 0 saturated heterocycles. The van der Waals surface area contributed by atoms with Gasteiger partial charge in [-0.15, -0.1) is 0 Å². The van der Waals surface area contributed by atoms with Gasteiger partial charge in [0.2, 0.25) is 0 Å². The highest BCUT2D eigenvalue weighted by atomic mass is 16.5. The molecule has 1 rings (SSSR count). The number of nitrogens with two attached hydrogens (primary N) is 1. The number of rotatable bonds is 7. The summed E-state index contributed by atoms with van der Waals surface area (Å²) in [6.07, 6.45) is 0.226. The minimum absolute atomic E-state index is 0.276. The van der Waals surface area contributed by atoms with E-state index in [4.69, 9.17) is 15.2 Å². The predicted octanol–water partition coefficient (Wildman–Crippen LogP) is 1.69. The summed E-state index contributed by atoms with van der Waals surface area (Å²) < 4.78 is 11.0. The van der Waals surface area contributed by atoms with Gasteiger partial charge >= 0.3 is 0 Å². The van der Waals surface area contributed by atoms with Crippen molar-refractivity contribution in [2.75, 3.05) is 13.2 Å². The molecule has 0 saturated carbocycles. The minimum Gasteiger partial charge on any atom is -0.490 e. The smallest absolute Gasteiger partial charge is 0.161 e. The van der Waals surface area contributed by atoms with E-state index in [9.17, 15) is 5.11 Å². The first kappa shape index (κ1) is 13.8. The molecular weight excluding hydrogens is 218 g/mol. The average Bonchev–Trinajstić information content (AvgIpc) is 2.37.